The standard InChI is InChI=1S/C5H5F5NO/c1-2(3(11)12)4(6,7)5(8,9)10/h2,11H,1H3. The van der Waals surface area contributed by atoms with Crippen LogP contribution in [0.25, 0.3) is 0 Å². The van der Waals surface area contributed by atoms with E-state index in [9.17, 15) is 26.7 Å². The average Bonchev–Trinajstić information content (AvgIpc) is 1.83. The zero-order valence-electron chi connectivity index (χ0n) is 5.88. The van der Waals surface area contributed by atoms with Crippen LogP contribution in [0, 0.1) is 5.92 Å². The minimum atomic E-state index is -5.77. The molecule has 1 unspecified atom stereocenters. The molecular weight excluding hydrogens is 185 g/mol. The lowest BCUT2D eigenvalue weighted by molar-refractivity contribution is -0.296. The molecule has 0 heterocycles. The van der Waals surface area contributed by atoms with E-state index in [1.165, 1.54) is 0 Å². The predicted octanol–water partition coefficient (Wildman–Crippen LogP) is 1.63. The lowest BCUT2D eigenvalue weighted by Crippen LogP contribution is -2.45. The van der Waals surface area contributed by atoms with Crippen molar-refractivity contribution in [2.24, 2.45) is 5.92 Å². The van der Waals surface area contributed by atoms with Crippen molar-refractivity contribution in [2.45, 2.75) is 19.0 Å². The van der Waals surface area contributed by atoms with Crippen LogP contribution in [0.4, 0.5) is 22.0 Å². The Balaban J connectivity index is 4.73. The maximum absolute atomic E-state index is 12.1. The van der Waals surface area contributed by atoms with Crippen LogP contribution in [-0.4, -0.2) is 18.0 Å². The molecule has 0 spiro atoms. The van der Waals surface area contributed by atoms with Gasteiger partial charge < -0.3 is 0 Å². The van der Waals surface area contributed by atoms with Crippen molar-refractivity contribution in [1.82, 2.24) is 5.73 Å². The van der Waals surface area contributed by atoms with Crippen molar-refractivity contribution < 1.29 is 26.7 Å². The van der Waals surface area contributed by atoms with Gasteiger partial charge in [0, 0.05) is 0 Å². The molecule has 0 saturated carbocycles. The van der Waals surface area contributed by atoms with Crippen molar-refractivity contribution in [3.8, 4) is 0 Å². The summed E-state index contributed by atoms with van der Waals surface area (Å²) in [7, 11) is 0. The summed E-state index contributed by atoms with van der Waals surface area (Å²) in [5, 5.41) is 0. The Morgan fingerprint density at radius 2 is 1.58 bits per heavy atom. The number of halogens is 5. The fourth-order valence-corrected chi connectivity index (χ4v) is 0.410. The minimum absolute atomic E-state index is 0.364. The Kier molecular flexibility index (Phi) is 2.66. The van der Waals surface area contributed by atoms with E-state index in [4.69, 9.17) is 5.73 Å². The van der Waals surface area contributed by atoms with Gasteiger partial charge in [-0.3, -0.25) is 10.5 Å². The molecule has 0 saturated heterocycles. The monoisotopic (exact) mass is 190 g/mol. The quantitative estimate of drug-likeness (QED) is 0.610. The topological polar surface area (TPSA) is 40.9 Å². The third-order valence-corrected chi connectivity index (χ3v) is 1.32. The molecule has 0 aliphatic carbocycles. The number of amides is 1. The molecule has 0 rings (SSSR count). The molecule has 1 N–H and O–H groups in total. The van der Waals surface area contributed by atoms with E-state index in [1.54, 1.807) is 0 Å². The van der Waals surface area contributed by atoms with Crippen LogP contribution in [0.2, 0.25) is 0 Å². The van der Waals surface area contributed by atoms with Crippen LogP contribution in [0.1, 0.15) is 6.92 Å². The van der Waals surface area contributed by atoms with Crippen LogP contribution in [-0.2, 0) is 4.79 Å². The molecule has 7 heteroatoms. The van der Waals surface area contributed by atoms with Crippen molar-refractivity contribution in [3.05, 3.63) is 0 Å². The summed E-state index contributed by atoms with van der Waals surface area (Å²) in [6.45, 7) is 0.364. The first-order chi connectivity index (χ1) is 5.10. The maximum atomic E-state index is 12.1. The van der Waals surface area contributed by atoms with Gasteiger partial charge in [-0.25, -0.2) is 0 Å². The Morgan fingerprint density at radius 1 is 1.25 bits per heavy atom. The SMILES string of the molecule is CC(C([NH])=O)C(F)(F)C(F)(F)F. The first-order valence-electron chi connectivity index (χ1n) is 2.80. The lowest BCUT2D eigenvalue weighted by atomic mass is 10.0. The molecule has 71 valence electrons. The first-order valence-corrected chi connectivity index (χ1v) is 2.80. The van der Waals surface area contributed by atoms with Crippen molar-refractivity contribution in [2.75, 3.05) is 0 Å². The van der Waals surface area contributed by atoms with E-state index in [1.807, 2.05) is 0 Å². The second kappa shape index (κ2) is 2.87. The highest BCUT2D eigenvalue weighted by Gasteiger charge is 2.62. The molecule has 12 heavy (non-hydrogen) atoms. The van der Waals surface area contributed by atoms with Crippen LogP contribution >= 0.6 is 0 Å². The molecule has 2 nitrogen and oxygen atoms in total. The van der Waals surface area contributed by atoms with Crippen molar-refractivity contribution >= 4 is 5.91 Å². The van der Waals surface area contributed by atoms with E-state index in [-0.39, 0.29) is 0 Å². The van der Waals surface area contributed by atoms with Gasteiger partial charge in [0.05, 0.1) is 0 Å². The molecular formula is C5H5F5NO. The molecule has 1 amide bonds. The maximum Gasteiger partial charge on any atom is 0.454 e. The number of rotatable bonds is 2. The van der Waals surface area contributed by atoms with E-state index < -0.39 is 23.9 Å². The third-order valence-electron chi connectivity index (χ3n) is 1.32. The molecule has 1 radical (unpaired) electrons. The number of hydrogen-bond donors (Lipinski definition) is 0. The summed E-state index contributed by atoms with van der Waals surface area (Å²) in [6, 6.07) is 0. The predicted molar refractivity (Wildman–Crippen MR) is 28.3 cm³/mol. The molecule has 0 aliphatic rings. The highest BCUT2D eigenvalue weighted by molar-refractivity contribution is 5.76. The van der Waals surface area contributed by atoms with Gasteiger partial charge in [-0.1, -0.05) is 0 Å². The minimum Gasteiger partial charge on any atom is -0.273 e. The van der Waals surface area contributed by atoms with Gasteiger partial charge in [-0.15, -0.1) is 0 Å². The van der Waals surface area contributed by atoms with Gasteiger partial charge >= 0.3 is 12.1 Å². The molecule has 0 aromatic rings. The highest BCUT2D eigenvalue weighted by Crippen LogP contribution is 2.40. The fraction of sp³-hybridized carbons (Fsp3) is 0.800. The first kappa shape index (κ1) is 11.1. The Hall–Kier alpha value is -0.880. The number of carbonyl (C=O) groups excluding carboxylic acids is 1. The second-order valence-electron chi connectivity index (χ2n) is 2.21. The lowest BCUT2D eigenvalue weighted by Gasteiger charge is -2.22. The van der Waals surface area contributed by atoms with Crippen LogP contribution in [0.15, 0.2) is 0 Å². The smallest absolute Gasteiger partial charge is 0.273 e. The number of carbonyl (C=O) groups is 1. The second-order valence-corrected chi connectivity index (χ2v) is 2.21. The van der Waals surface area contributed by atoms with Crippen LogP contribution in [0.5, 0.6) is 0 Å². The van der Waals surface area contributed by atoms with E-state index in [0.717, 1.165) is 0 Å². The summed E-state index contributed by atoms with van der Waals surface area (Å²) in [5.74, 6) is -9.71. The Labute approximate surface area is 64.5 Å². The summed E-state index contributed by atoms with van der Waals surface area (Å²) >= 11 is 0. The summed E-state index contributed by atoms with van der Waals surface area (Å²) in [5.41, 5.74) is 6.10. The zero-order chi connectivity index (χ0) is 10.2. The van der Waals surface area contributed by atoms with Crippen molar-refractivity contribution in [3.63, 3.8) is 0 Å². The molecule has 1 atom stereocenters. The molecule has 0 fully saturated rings. The van der Waals surface area contributed by atoms with E-state index in [0.29, 0.717) is 6.92 Å². The van der Waals surface area contributed by atoms with Gasteiger partial charge in [0.2, 0.25) is 5.91 Å². The summed E-state index contributed by atoms with van der Waals surface area (Å²) in [4.78, 5) is 9.92. The summed E-state index contributed by atoms with van der Waals surface area (Å²) in [6.07, 6.45) is -5.77. The third kappa shape index (κ3) is 1.83. The van der Waals surface area contributed by atoms with Crippen molar-refractivity contribution in [1.29, 1.82) is 0 Å². The van der Waals surface area contributed by atoms with Gasteiger partial charge in [-0.2, -0.15) is 22.0 Å². The molecule has 0 aliphatic heterocycles. The van der Waals surface area contributed by atoms with Gasteiger partial charge in [0.15, 0.2) is 0 Å². The fourth-order valence-electron chi connectivity index (χ4n) is 0.410. The molecule has 0 aromatic heterocycles. The highest BCUT2D eigenvalue weighted by atomic mass is 19.4. The van der Waals surface area contributed by atoms with Gasteiger partial charge in [0.1, 0.15) is 5.92 Å². The average molecular weight is 190 g/mol. The van der Waals surface area contributed by atoms with Gasteiger partial charge in [-0.05, 0) is 6.92 Å². The van der Waals surface area contributed by atoms with E-state index >= 15 is 0 Å². The molecule has 0 bridgehead atoms. The van der Waals surface area contributed by atoms with Crippen LogP contribution in [0.3, 0.4) is 0 Å². The summed E-state index contributed by atoms with van der Waals surface area (Å²) < 4.78 is 58.6. The van der Waals surface area contributed by atoms with Gasteiger partial charge in [0.25, 0.3) is 0 Å². The number of alkyl halides is 5. The number of nitrogens with one attached hydrogen (secondary N) is 1. The van der Waals surface area contributed by atoms with Crippen LogP contribution < -0.4 is 5.73 Å². The Morgan fingerprint density at radius 3 is 1.67 bits per heavy atom. The largest absolute Gasteiger partial charge is 0.454 e. The Bertz CT molecular complexity index is 187. The molecule has 0 aromatic carbocycles. The number of hydrogen-bond acceptors (Lipinski definition) is 1. The van der Waals surface area contributed by atoms with E-state index in [2.05, 4.69) is 0 Å². The zero-order valence-corrected chi connectivity index (χ0v) is 5.88. The normalized spacial score (nSPS) is 15.8.